The largest absolute Gasteiger partial charge is 0.392 e. The molecule has 0 bridgehead atoms. The first kappa shape index (κ1) is 13.2. The second-order valence-corrected chi connectivity index (χ2v) is 5.32. The molecule has 0 aliphatic carbocycles. The molecule has 0 saturated carbocycles. The molecule has 1 aliphatic heterocycles. The molecule has 3 N–H and O–H groups in total. The minimum Gasteiger partial charge on any atom is -0.392 e. The van der Waals surface area contributed by atoms with Crippen LogP contribution in [-0.4, -0.2) is 30.3 Å². The van der Waals surface area contributed by atoms with Gasteiger partial charge in [0.25, 0.3) is 0 Å². The predicted octanol–water partition coefficient (Wildman–Crippen LogP) is 2.49. The van der Waals surface area contributed by atoms with Gasteiger partial charge < -0.3 is 15.7 Å². The predicted molar refractivity (Wildman–Crippen MR) is 82.8 cm³/mol. The number of nitrogens with one attached hydrogen (secondary N) is 2. The molecule has 0 spiro atoms. The summed E-state index contributed by atoms with van der Waals surface area (Å²) in [6.07, 6.45) is 0.636. The van der Waals surface area contributed by atoms with E-state index >= 15 is 0 Å². The number of aliphatic hydroxyl groups is 1. The van der Waals surface area contributed by atoms with Crippen molar-refractivity contribution in [1.29, 1.82) is 0 Å². The second kappa shape index (κ2) is 6.07. The van der Waals surface area contributed by atoms with E-state index in [-0.39, 0.29) is 6.10 Å². The Morgan fingerprint density at radius 1 is 1.00 bits per heavy atom. The first-order valence-corrected chi connectivity index (χ1v) is 7.12. The van der Waals surface area contributed by atoms with Gasteiger partial charge in [-0.05, 0) is 29.7 Å². The Morgan fingerprint density at radius 3 is 2.35 bits per heavy atom. The van der Waals surface area contributed by atoms with Crippen LogP contribution in [0.25, 0.3) is 11.1 Å². The number of rotatable bonds is 4. The van der Waals surface area contributed by atoms with Crippen LogP contribution in [0.3, 0.4) is 0 Å². The molecule has 104 valence electrons. The first-order valence-electron chi connectivity index (χ1n) is 7.12. The second-order valence-electron chi connectivity index (χ2n) is 5.32. The molecule has 1 aliphatic rings. The fourth-order valence-corrected chi connectivity index (χ4v) is 2.61. The van der Waals surface area contributed by atoms with Crippen LogP contribution in [0.15, 0.2) is 54.6 Å². The van der Waals surface area contributed by atoms with Crippen molar-refractivity contribution < 1.29 is 5.11 Å². The summed E-state index contributed by atoms with van der Waals surface area (Å²) in [6, 6.07) is 19.2. The summed E-state index contributed by atoms with van der Waals surface area (Å²) in [5, 5.41) is 16.2. The molecule has 1 heterocycles. The molecule has 0 aromatic heterocycles. The van der Waals surface area contributed by atoms with E-state index in [2.05, 4.69) is 59.2 Å². The number of aliphatic hydroxyl groups excluding tert-OH is 1. The lowest BCUT2D eigenvalue weighted by Gasteiger charge is -2.13. The highest BCUT2D eigenvalue weighted by atomic mass is 16.3. The Bertz CT molecular complexity index is 539. The zero-order valence-electron chi connectivity index (χ0n) is 11.4. The van der Waals surface area contributed by atoms with E-state index in [9.17, 15) is 5.11 Å². The zero-order valence-corrected chi connectivity index (χ0v) is 11.4. The van der Waals surface area contributed by atoms with Crippen molar-refractivity contribution in [2.24, 2.45) is 0 Å². The van der Waals surface area contributed by atoms with E-state index in [1.54, 1.807) is 0 Å². The van der Waals surface area contributed by atoms with Crippen molar-refractivity contribution in [3.63, 3.8) is 0 Å². The summed E-state index contributed by atoms with van der Waals surface area (Å²) < 4.78 is 0. The number of β-amino-alcohol motifs (C(OH)–C–C–N with tert-alkyl or cyclic N) is 1. The monoisotopic (exact) mass is 268 g/mol. The molecule has 2 aromatic carbocycles. The van der Waals surface area contributed by atoms with Gasteiger partial charge in [0.2, 0.25) is 0 Å². The van der Waals surface area contributed by atoms with E-state index in [4.69, 9.17) is 0 Å². The normalized spacial score (nSPS) is 21.9. The van der Waals surface area contributed by atoms with Gasteiger partial charge in [-0.25, -0.2) is 0 Å². The minimum absolute atomic E-state index is 0.192. The molecule has 2 unspecified atom stereocenters. The summed E-state index contributed by atoms with van der Waals surface area (Å²) >= 11 is 0. The van der Waals surface area contributed by atoms with Crippen LogP contribution in [0, 0.1) is 0 Å². The Balaban J connectivity index is 1.59. The topological polar surface area (TPSA) is 44.3 Å². The lowest BCUT2D eigenvalue weighted by molar-refractivity contribution is 0.193. The van der Waals surface area contributed by atoms with Crippen LogP contribution in [0.5, 0.6) is 0 Å². The Hall–Kier alpha value is -1.84. The van der Waals surface area contributed by atoms with E-state index in [1.807, 2.05) is 6.07 Å². The lowest BCUT2D eigenvalue weighted by atomic mass is 10.1. The van der Waals surface area contributed by atoms with Crippen molar-refractivity contribution in [3.8, 4) is 11.1 Å². The summed E-state index contributed by atoms with van der Waals surface area (Å²) in [4.78, 5) is 0. The van der Waals surface area contributed by atoms with Crippen molar-refractivity contribution in [2.75, 3.05) is 18.4 Å². The van der Waals surface area contributed by atoms with Crippen LogP contribution in [0.4, 0.5) is 5.69 Å². The van der Waals surface area contributed by atoms with E-state index in [0.29, 0.717) is 12.6 Å². The third-order valence-electron chi connectivity index (χ3n) is 3.74. The average Bonchev–Trinajstić information content (AvgIpc) is 2.92. The molecule has 2 aromatic rings. The molecule has 3 heteroatoms. The minimum atomic E-state index is -0.192. The van der Waals surface area contributed by atoms with Gasteiger partial charge in [-0.15, -0.1) is 0 Å². The molecule has 20 heavy (non-hydrogen) atoms. The van der Waals surface area contributed by atoms with Crippen molar-refractivity contribution in [1.82, 2.24) is 5.32 Å². The molecule has 1 saturated heterocycles. The molecular weight excluding hydrogens is 248 g/mol. The van der Waals surface area contributed by atoms with Gasteiger partial charge >= 0.3 is 0 Å². The highest BCUT2D eigenvalue weighted by Crippen LogP contribution is 2.21. The van der Waals surface area contributed by atoms with Crippen molar-refractivity contribution in [2.45, 2.75) is 18.6 Å². The van der Waals surface area contributed by atoms with Gasteiger partial charge in [-0.3, -0.25) is 0 Å². The highest BCUT2D eigenvalue weighted by Gasteiger charge is 2.21. The quantitative estimate of drug-likeness (QED) is 0.798. The maximum atomic E-state index is 9.47. The summed E-state index contributed by atoms with van der Waals surface area (Å²) in [7, 11) is 0. The van der Waals surface area contributed by atoms with Gasteiger partial charge in [0.15, 0.2) is 0 Å². The van der Waals surface area contributed by atoms with Crippen LogP contribution >= 0.6 is 0 Å². The number of hydrogen-bond donors (Lipinski definition) is 3. The number of hydrogen-bond acceptors (Lipinski definition) is 3. The molecular formula is C17H20N2O. The van der Waals surface area contributed by atoms with Gasteiger partial charge in [-0.2, -0.15) is 0 Å². The SMILES string of the molecule is OC1CNC(CNc2ccc(-c3ccccc3)cc2)C1. The third-order valence-corrected chi connectivity index (χ3v) is 3.74. The molecule has 0 amide bonds. The fraction of sp³-hybridized carbons (Fsp3) is 0.294. The molecule has 1 fully saturated rings. The van der Waals surface area contributed by atoms with E-state index in [0.717, 1.165) is 18.7 Å². The molecule has 0 radical (unpaired) electrons. The van der Waals surface area contributed by atoms with Crippen LogP contribution in [-0.2, 0) is 0 Å². The van der Waals surface area contributed by atoms with Gasteiger partial charge in [0.05, 0.1) is 6.10 Å². The number of benzene rings is 2. The van der Waals surface area contributed by atoms with Crippen LogP contribution in [0.1, 0.15) is 6.42 Å². The van der Waals surface area contributed by atoms with Crippen molar-refractivity contribution in [3.05, 3.63) is 54.6 Å². The van der Waals surface area contributed by atoms with Gasteiger partial charge in [-0.1, -0.05) is 42.5 Å². The summed E-state index contributed by atoms with van der Waals surface area (Å²) in [5.41, 5.74) is 3.58. The van der Waals surface area contributed by atoms with Gasteiger partial charge in [0.1, 0.15) is 0 Å². The van der Waals surface area contributed by atoms with E-state index in [1.165, 1.54) is 11.1 Å². The standard InChI is InChI=1S/C17H20N2O/c20-17-10-16(19-12-17)11-18-15-8-6-14(7-9-15)13-4-2-1-3-5-13/h1-9,16-20H,10-12H2. The maximum Gasteiger partial charge on any atom is 0.0680 e. The first-order chi connectivity index (χ1) is 9.81. The average molecular weight is 268 g/mol. The molecule has 3 rings (SSSR count). The van der Waals surface area contributed by atoms with Crippen molar-refractivity contribution >= 4 is 5.69 Å². The Morgan fingerprint density at radius 2 is 1.70 bits per heavy atom. The summed E-state index contributed by atoms with van der Waals surface area (Å²) in [5.74, 6) is 0. The fourth-order valence-electron chi connectivity index (χ4n) is 2.61. The van der Waals surface area contributed by atoms with Crippen LogP contribution in [0.2, 0.25) is 0 Å². The Labute approximate surface area is 119 Å². The molecule has 2 atom stereocenters. The zero-order chi connectivity index (χ0) is 13.8. The van der Waals surface area contributed by atoms with Gasteiger partial charge in [0, 0.05) is 24.8 Å². The van der Waals surface area contributed by atoms with E-state index < -0.39 is 0 Å². The highest BCUT2D eigenvalue weighted by molar-refractivity contribution is 5.65. The third kappa shape index (κ3) is 3.18. The molecule has 3 nitrogen and oxygen atoms in total. The number of anilines is 1. The Kier molecular flexibility index (Phi) is 4.00. The van der Waals surface area contributed by atoms with Crippen LogP contribution < -0.4 is 10.6 Å². The lowest BCUT2D eigenvalue weighted by Crippen LogP contribution is -2.29. The summed E-state index contributed by atoms with van der Waals surface area (Å²) in [6.45, 7) is 1.56. The maximum absolute atomic E-state index is 9.47. The smallest absolute Gasteiger partial charge is 0.0680 e.